The molecule has 6 nitrogen and oxygen atoms in total. The molecular weight excluding hydrogens is 398 g/mol. The van der Waals surface area contributed by atoms with Gasteiger partial charge in [0.1, 0.15) is 0 Å². The molecule has 0 saturated carbocycles. The van der Waals surface area contributed by atoms with Crippen LogP contribution in [-0.2, 0) is 13.6 Å². The molecule has 2 aromatic heterocycles. The van der Waals surface area contributed by atoms with E-state index in [1.165, 1.54) is 20.9 Å². The molecule has 4 rings (SSSR count). The number of ketones is 1. The third-order valence-electron chi connectivity index (χ3n) is 4.88. The van der Waals surface area contributed by atoms with Crippen molar-refractivity contribution in [3.8, 4) is 0 Å². The minimum absolute atomic E-state index is 0.0819. The highest BCUT2D eigenvalue weighted by Gasteiger charge is 2.14. The molecule has 7 heteroatoms. The fraction of sp³-hybridized carbons (Fsp3) is 0.130. The van der Waals surface area contributed by atoms with Crippen LogP contribution in [0.15, 0.2) is 87.5 Å². The Morgan fingerprint density at radius 2 is 1.73 bits per heavy atom. The molecule has 30 heavy (non-hydrogen) atoms. The van der Waals surface area contributed by atoms with Gasteiger partial charge in [-0.15, -0.1) is 11.8 Å². The predicted octanol–water partition coefficient (Wildman–Crippen LogP) is 3.12. The van der Waals surface area contributed by atoms with E-state index in [2.05, 4.69) is 4.98 Å². The van der Waals surface area contributed by atoms with Crippen LogP contribution >= 0.6 is 11.8 Å². The summed E-state index contributed by atoms with van der Waals surface area (Å²) in [6, 6.07) is 18.0. The lowest BCUT2D eigenvalue weighted by molar-refractivity contribution is 0.102. The Kier molecular flexibility index (Phi) is 5.63. The molecule has 0 unspecified atom stereocenters. The lowest BCUT2D eigenvalue weighted by atomic mass is 10.1. The standard InChI is InChI=1S/C23H19N3O3S/c1-25-20-8-7-17(21(27)15-30-18-9-11-24-12-10-18)13-19(20)22(28)26(23(25)29)14-16-5-3-2-4-6-16/h2-13H,14-15H2,1H3. The van der Waals surface area contributed by atoms with Crippen molar-refractivity contribution in [1.29, 1.82) is 0 Å². The molecular formula is C23H19N3O3S. The van der Waals surface area contributed by atoms with Crippen molar-refractivity contribution in [3.63, 3.8) is 0 Å². The van der Waals surface area contributed by atoms with Gasteiger partial charge in [-0.3, -0.25) is 23.7 Å². The average Bonchev–Trinajstić information content (AvgIpc) is 2.80. The average molecular weight is 417 g/mol. The third kappa shape index (κ3) is 3.97. The van der Waals surface area contributed by atoms with Crippen LogP contribution in [0.5, 0.6) is 0 Å². The van der Waals surface area contributed by atoms with Gasteiger partial charge in [-0.1, -0.05) is 30.3 Å². The van der Waals surface area contributed by atoms with Gasteiger partial charge >= 0.3 is 5.69 Å². The number of pyridine rings is 1. The quantitative estimate of drug-likeness (QED) is 0.356. The van der Waals surface area contributed by atoms with Crippen molar-refractivity contribution < 1.29 is 4.79 Å². The number of hydrogen-bond donors (Lipinski definition) is 0. The summed E-state index contributed by atoms with van der Waals surface area (Å²) in [5.41, 5.74) is 1.04. The van der Waals surface area contributed by atoms with Crippen LogP contribution in [0.2, 0.25) is 0 Å². The van der Waals surface area contributed by atoms with E-state index < -0.39 is 5.56 Å². The Morgan fingerprint density at radius 1 is 1.00 bits per heavy atom. The SMILES string of the molecule is Cn1c(=O)n(Cc2ccccc2)c(=O)c2cc(C(=O)CSc3ccncc3)ccc21. The van der Waals surface area contributed by atoms with Gasteiger partial charge < -0.3 is 0 Å². The van der Waals surface area contributed by atoms with Gasteiger partial charge in [0.2, 0.25) is 0 Å². The second kappa shape index (κ2) is 8.51. The van der Waals surface area contributed by atoms with Gasteiger partial charge in [-0.05, 0) is 35.9 Å². The molecule has 0 amide bonds. The molecule has 2 aromatic carbocycles. The summed E-state index contributed by atoms with van der Waals surface area (Å²) < 4.78 is 2.65. The van der Waals surface area contributed by atoms with Crippen molar-refractivity contribution in [2.75, 3.05) is 5.75 Å². The highest BCUT2D eigenvalue weighted by atomic mass is 32.2. The number of benzene rings is 2. The first-order valence-electron chi connectivity index (χ1n) is 9.38. The first-order chi connectivity index (χ1) is 14.5. The van der Waals surface area contributed by atoms with Crippen LogP contribution in [-0.4, -0.2) is 25.7 Å². The Labute approximate surface area is 176 Å². The van der Waals surface area contributed by atoms with E-state index in [0.717, 1.165) is 10.5 Å². The number of carbonyl (C=O) groups excluding carboxylic acids is 1. The van der Waals surface area contributed by atoms with Crippen molar-refractivity contribution in [2.24, 2.45) is 7.05 Å². The van der Waals surface area contributed by atoms with Gasteiger partial charge in [-0.2, -0.15) is 0 Å². The molecule has 150 valence electrons. The topological polar surface area (TPSA) is 74.0 Å². The zero-order chi connectivity index (χ0) is 21.1. The largest absolute Gasteiger partial charge is 0.331 e. The van der Waals surface area contributed by atoms with Crippen molar-refractivity contribution in [1.82, 2.24) is 14.1 Å². The summed E-state index contributed by atoms with van der Waals surface area (Å²) in [7, 11) is 1.63. The van der Waals surface area contributed by atoms with E-state index >= 15 is 0 Å². The zero-order valence-corrected chi connectivity index (χ0v) is 17.1. The summed E-state index contributed by atoms with van der Waals surface area (Å²) in [5, 5.41) is 0.354. The lowest BCUT2D eigenvalue weighted by Crippen LogP contribution is -2.39. The van der Waals surface area contributed by atoms with Crippen LogP contribution in [0.25, 0.3) is 10.9 Å². The number of carbonyl (C=O) groups is 1. The molecule has 0 saturated heterocycles. The Bertz CT molecular complexity index is 1330. The predicted molar refractivity (Wildman–Crippen MR) is 118 cm³/mol. The van der Waals surface area contributed by atoms with Crippen LogP contribution in [0.1, 0.15) is 15.9 Å². The number of rotatable bonds is 6. The van der Waals surface area contributed by atoms with E-state index in [4.69, 9.17) is 0 Å². The van der Waals surface area contributed by atoms with Gasteiger partial charge in [0.15, 0.2) is 5.78 Å². The number of aryl methyl sites for hydroxylation is 1. The van der Waals surface area contributed by atoms with Crippen LogP contribution < -0.4 is 11.2 Å². The summed E-state index contributed by atoms with van der Waals surface area (Å²) >= 11 is 1.42. The number of aromatic nitrogens is 3. The van der Waals surface area contributed by atoms with Gasteiger partial charge in [-0.25, -0.2) is 4.79 Å². The minimum Gasteiger partial charge on any atom is -0.296 e. The summed E-state index contributed by atoms with van der Waals surface area (Å²) in [4.78, 5) is 43.4. The summed E-state index contributed by atoms with van der Waals surface area (Å²) in [6.45, 7) is 0.179. The lowest BCUT2D eigenvalue weighted by Gasteiger charge is -2.12. The second-order valence-electron chi connectivity index (χ2n) is 6.85. The first-order valence-corrected chi connectivity index (χ1v) is 10.4. The van der Waals surface area contributed by atoms with Gasteiger partial charge in [0.05, 0.1) is 23.2 Å². The van der Waals surface area contributed by atoms with Crippen LogP contribution in [0.3, 0.4) is 0 Å². The van der Waals surface area contributed by atoms with Crippen molar-refractivity contribution in [3.05, 3.63) is 105 Å². The number of hydrogen-bond acceptors (Lipinski definition) is 5. The number of fused-ring (bicyclic) bond motifs is 1. The number of Topliss-reactive ketones (excluding diaryl/α,β-unsaturated/α-hetero) is 1. The molecule has 0 aliphatic rings. The zero-order valence-electron chi connectivity index (χ0n) is 16.3. The normalized spacial score (nSPS) is 11.0. The summed E-state index contributed by atoms with van der Waals surface area (Å²) in [5.74, 6) is 0.168. The van der Waals surface area contributed by atoms with E-state index in [9.17, 15) is 14.4 Å². The molecule has 0 aliphatic heterocycles. The maximum Gasteiger partial charge on any atom is 0.331 e. The molecule has 0 radical (unpaired) electrons. The Hall–Kier alpha value is -3.45. The van der Waals surface area contributed by atoms with E-state index in [1.807, 2.05) is 42.5 Å². The molecule has 2 heterocycles. The molecule has 4 aromatic rings. The van der Waals surface area contributed by atoms with E-state index in [1.54, 1.807) is 37.6 Å². The fourth-order valence-electron chi connectivity index (χ4n) is 3.26. The molecule has 0 spiro atoms. The fourth-order valence-corrected chi connectivity index (χ4v) is 4.04. The molecule has 0 bridgehead atoms. The highest BCUT2D eigenvalue weighted by molar-refractivity contribution is 8.00. The smallest absolute Gasteiger partial charge is 0.296 e. The molecule has 0 aliphatic carbocycles. The number of nitrogens with zero attached hydrogens (tertiary/aromatic N) is 3. The third-order valence-corrected chi connectivity index (χ3v) is 5.89. The highest BCUT2D eigenvalue weighted by Crippen LogP contribution is 2.19. The molecule has 0 fully saturated rings. The first kappa shape index (κ1) is 19.8. The molecule has 0 N–H and O–H groups in total. The minimum atomic E-state index is -0.395. The Balaban J connectivity index is 1.70. The summed E-state index contributed by atoms with van der Waals surface area (Å²) in [6.07, 6.45) is 3.36. The van der Waals surface area contributed by atoms with E-state index in [-0.39, 0.29) is 23.8 Å². The van der Waals surface area contributed by atoms with Crippen molar-refractivity contribution >= 4 is 28.4 Å². The van der Waals surface area contributed by atoms with Crippen LogP contribution in [0, 0.1) is 0 Å². The maximum absolute atomic E-state index is 13.1. The van der Waals surface area contributed by atoms with Gasteiger partial charge in [0, 0.05) is 29.9 Å². The van der Waals surface area contributed by atoms with Crippen molar-refractivity contribution in [2.45, 2.75) is 11.4 Å². The van der Waals surface area contributed by atoms with E-state index in [0.29, 0.717) is 16.5 Å². The monoisotopic (exact) mass is 417 g/mol. The molecule has 0 atom stereocenters. The van der Waals surface area contributed by atoms with Gasteiger partial charge in [0.25, 0.3) is 5.56 Å². The second-order valence-corrected chi connectivity index (χ2v) is 7.89. The number of thioether (sulfide) groups is 1. The maximum atomic E-state index is 13.1. The van der Waals surface area contributed by atoms with Crippen LogP contribution in [0.4, 0.5) is 0 Å². The Morgan fingerprint density at radius 3 is 2.47 bits per heavy atom.